The number of amides is 1. The minimum absolute atomic E-state index is 0.0173. The second-order valence-electron chi connectivity index (χ2n) is 6.22. The standard InChI is InChI=1S/C17H19F2N3O3/c1-10(2)16-20-21-17(25-16)14-9-24-6-5-22(14)15(23)8-11-7-12(18)3-4-13(11)19/h3-4,7,10,14H,5-6,8-9H2,1-2H3. The third kappa shape index (κ3) is 3.84. The first kappa shape index (κ1) is 17.5. The van der Waals surface area contributed by atoms with Crippen molar-refractivity contribution in [1.29, 1.82) is 0 Å². The van der Waals surface area contributed by atoms with Crippen LogP contribution in [-0.2, 0) is 16.0 Å². The number of aromatic nitrogens is 2. The number of hydrogen-bond acceptors (Lipinski definition) is 5. The molecule has 134 valence electrons. The van der Waals surface area contributed by atoms with Gasteiger partial charge in [0.05, 0.1) is 19.6 Å². The van der Waals surface area contributed by atoms with E-state index in [2.05, 4.69) is 10.2 Å². The third-order valence-electron chi connectivity index (χ3n) is 4.03. The van der Waals surface area contributed by atoms with Gasteiger partial charge in [-0.2, -0.15) is 0 Å². The predicted octanol–water partition coefficient (Wildman–Crippen LogP) is 2.61. The smallest absolute Gasteiger partial charge is 0.241 e. The maximum absolute atomic E-state index is 13.8. The van der Waals surface area contributed by atoms with Crippen molar-refractivity contribution in [1.82, 2.24) is 15.1 Å². The lowest BCUT2D eigenvalue weighted by molar-refractivity contribution is -0.140. The highest BCUT2D eigenvalue weighted by molar-refractivity contribution is 5.79. The Hall–Kier alpha value is -2.35. The second-order valence-corrected chi connectivity index (χ2v) is 6.22. The number of carbonyl (C=O) groups excluding carboxylic acids is 1. The largest absolute Gasteiger partial charge is 0.423 e. The van der Waals surface area contributed by atoms with E-state index in [-0.39, 0.29) is 36.3 Å². The van der Waals surface area contributed by atoms with E-state index in [0.29, 0.717) is 19.0 Å². The van der Waals surface area contributed by atoms with Gasteiger partial charge < -0.3 is 14.1 Å². The molecule has 3 rings (SSSR count). The van der Waals surface area contributed by atoms with Crippen molar-refractivity contribution in [2.24, 2.45) is 0 Å². The summed E-state index contributed by atoms with van der Waals surface area (Å²) in [7, 11) is 0. The van der Waals surface area contributed by atoms with Crippen LogP contribution in [0, 0.1) is 11.6 Å². The van der Waals surface area contributed by atoms with E-state index in [1.807, 2.05) is 13.8 Å². The molecule has 1 unspecified atom stereocenters. The van der Waals surface area contributed by atoms with E-state index < -0.39 is 17.7 Å². The molecule has 1 atom stereocenters. The van der Waals surface area contributed by atoms with Crippen molar-refractivity contribution in [2.45, 2.75) is 32.2 Å². The lowest BCUT2D eigenvalue weighted by Crippen LogP contribution is -2.44. The van der Waals surface area contributed by atoms with Crippen LogP contribution < -0.4 is 0 Å². The first-order chi connectivity index (χ1) is 12.0. The number of benzene rings is 1. The fourth-order valence-corrected chi connectivity index (χ4v) is 2.66. The molecule has 2 aromatic rings. The van der Waals surface area contributed by atoms with Crippen molar-refractivity contribution >= 4 is 5.91 Å². The average molecular weight is 351 g/mol. The molecule has 0 spiro atoms. The summed E-state index contributed by atoms with van der Waals surface area (Å²) in [4.78, 5) is 14.2. The van der Waals surface area contributed by atoms with E-state index in [1.165, 1.54) is 4.90 Å². The normalized spacial score (nSPS) is 18.0. The number of carbonyl (C=O) groups is 1. The summed E-state index contributed by atoms with van der Waals surface area (Å²) in [6, 6.07) is 2.54. The number of nitrogens with zero attached hydrogens (tertiary/aromatic N) is 3. The van der Waals surface area contributed by atoms with Crippen molar-refractivity contribution in [2.75, 3.05) is 19.8 Å². The maximum Gasteiger partial charge on any atom is 0.241 e. The summed E-state index contributed by atoms with van der Waals surface area (Å²) in [5.74, 6) is -0.709. The lowest BCUT2D eigenvalue weighted by atomic mass is 10.1. The number of rotatable bonds is 4. The number of hydrogen-bond donors (Lipinski definition) is 0. The van der Waals surface area contributed by atoms with Gasteiger partial charge >= 0.3 is 0 Å². The fraction of sp³-hybridized carbons (Fsp3) is 0.471. The van der Waals surface area contributed by atoms with Crippen LogP contribution in [0.5, 0.6) is 0 Å². The average Bonchev–Trinajstić information content (AvgIpc) is 3.08. The maximum atomic E-state index is 13.8. The van der Waals surface area contributed by atoms with Gasteiger partial charge in [0, 0.05) is 18.0 Å². The summed E-state index contributed by atoms with van der Waals surface area (Å²) in [6.45, 7) is 4.74. The Morgan fingerprint density at radius 3 is 2.88 bits per heavy atom. The summed E-state index contributed by atoms with van der Waals surface area (Å²) in [6.07, 6.45) is -0.245. The SMILES string of the molecule is CC(C)c1nnc(C2COCCN2C(=O)Cc2cc(F)ccc2F)o1. The quantitative estimate of drug-likeness (QED) is 0.847. The minimum atomic E-state index is -0.612. The van der Waals surface area contributed by atoms with Crippen LogP contribution >= 0.6 is 0 Å². The predicted molar refractivity (Wildman–Crippen MR) is 83.7 cm³/mol. The highest BCUT2D eigenvalue weighted by Gasteiger charge is 2.33. The molecule has 25 heavy (non-hydrogen) atoms. The molecule has 0 N–H and O–H groups in total. The summed E-state index contributed by atoms with van der Waals surface area (Å²) in [5.41, 5.74) is 0.0173. The molecule has 0 saturated carbocycles. The van der Waals surface area contributed by atoms with Gasteiger partial charge in [-0.05, 0) is 18.2 Å². The molecule has 8 heteroatoms. The molecular formula is C17H19F2N3O3. The van der Waals surface area contributed by atoms with Crippen molar-refractivity contribution in [3.05, 3.63) is 47.2 Å². The summed E-state index contributed by atoms with van der Waals surface area (Å²) in [5, 5.41) is 7.98. The molecule has 1 aliphatic rings. The zero-order valence-corrected chi connectivity index (χ0v) is 14.0. The van der Waals surface area contributed by atoms with Crippen molar-refractivity contribution < 1.29 is 22.7 Å². The third-order valence-corrected chi connectivity index (χ3v) is 4.03. The molecule has 0 bridgehead atoms. The number of ether oxygens (including phenoxy) is 1. The second kappa shape index (κ2) is 7.26. The van der Waals surface area contributed by atoms with Crippen LogP contribution in [0.25, 0.3) is 0 Å². The zero-order valence-electron chi connectivity index (χ0n) is 14.0. The highest BCUT2D eigenvalue weighted by atomic mass is 19.1. The Balaban J connectivity index is 1.80. The fourth-order valence-electron chi connectivity index (χ4n) is 2.66. The van der Waals surface area contributed by atoms with Crippen LogP contribution in [0.2, 0.25) is 0 Å². The van der Waals surface area contributed by atoms with Crippen LogP contribution in [0.4, 0.5) is 8.78 Å². The van der Waals surface area contributed by atoms with Crippen molar-refractivity contribution in [3.63, 3.8) is 0 Å². The highest BCUT2D eigenvalue weighted by Crippen LogP contribution is 2.26. The van der Waals surface area contributed by atoms with Crippen LogP contribution in [0.3, 0.4) is 0 Å². The molecule has 6 nitrogen and oxygen atoms in total. The van der Waals surface area contributed by atoms with Crippen LogP contribution in [0.15, 0.2) is 22.6 Å². The van der Waals surface area contributed by atoms with E-state index in [0.717, 1.165) is 18.2 Å². The van der Waals surface area contributed by atoms with Crippen LogP contribution in [-0.4, -0.2) is 40.8 Å². The van der Waals surface area contributed by atoms with Gasteiger partial charge in [0.2, 0.25) is 17.7 Å². The Bertz CT molecular complexity index is 763. The summed E-state index contributed by atoms with van der Waals surface area (Å²) < 4.78 is 38.2. The number of halogens is 2. The molecule has 1 saturated heterocycles. The van der Waals surface area contributed by atoms with Crippen LogP contribution in [0.1, 0.15) is 43.2 Å². The van der Waals surface area contributed by atoms with Gasteiger partial charge in [0.25, 0.3) is 0 Å². The molecule has 0 aliphatic carbocycles. The first-order valence-corrected chi connectivity index (χ1v) is 8.10. The Morgan fingerprint density at radius 1 is 1.36 bits per heavy atom. The van der Waals surface area contributed by atoms with Crippen molar-refractivity contribution in [3.8, 4) is 0 Å². The van der Waals surface area contributed by atoms with Gasteiger partial charge in [-0.1, -0.05) is 13.8 Å². The van der Waals surface area contributed by atoms with E-state index in [4.69, 9.17) is 9.15 Å². The molecule has 1 aliphatic heterocycles. The lowest BCUT2D eigenvalue weighted by Gasteiger charge is -2.33. The molecule has 2 heterocycles. The van der Waals surface area contributed by atoms with Gasteiger partial charge in [-0.3, -0.25) is 4.79 Å². The Labute approximate surface area is 143 Å². The summed E-state index contributed by atoms with van der Waals surface area (Å²) >= 11 is 0. The van der Waals surface area contributed by atoms with Gasteiger partial charge in [-0.25, -0.2) is 8.78 Å². The number of morpholine rings is 1. The van der Waals surface area contributed by atoms with Gasteiger partial charge in [0.15, 0.2) is 0 Å². The van der Waals surface area contributed by atoms with Gasteiger partial charge in [-0.15, -0.1) is 10.2 Å². The topological polar surface area (TPSA) is 68.5 Å². The molecule has 1 aromatic heterocycles. The van der Waals surface area contributed by atoms with E-state index in [1.54, 1.807) is 0 Å². The molecular weight excluding hydrogens is 332 g/mol. The minimum Gasteiger partial charge on any atom is -0.423 e. The molecule has 1 fully saturated rings. The van der Waals surface area contributed by atoms with E-state index in [9.17, 15) is 13.6 Å². The monoisotopic (exact) mass is 351 g/mol. The molecule has 1 aromatic carbocycles. The van der Waals surface area contributed by atoms with Gasteiger partial charge in [0.1, 0.15) is 17.7 Å². The Kier molecular flexibility index (Phi) is 5.08. The zero-order chi connectivity index (χ0) is 18.0. The van der Waals surface area contributed by atoms with E-state index >= 15 is 0 Å². The molecule has 1 amide bonds. The Morgan fingerprint density at radius 2 is 2.16 bits per heavy atom. The first-order valence-electron chi connectivity index (χ1n) is 8.10. The molecule has 0 radical (unpaired) electrons.